The third kappa shape index (κ3) is 3.22. The van der Waals surface area contributed by atoms with E-state index in [1.165, 1.54) is 7.05 Å². The van der Waals surface area contributed by atoms with Crippen molar-refractivity contribution in [3.63, 3.8) is 0 Å². The van der Waals surface area contributed by atoms with Crippen molar-refractivity contribution in [1.82, 2.24) is 15.1 Å². The van der Waals surface area contributed by atoms with Crippen LogP contribution < -0.4 is 5.32 Å². The molecule has 1 aromatic carbocycles. The Morgan fingerprint density at radius 2 is 1.83 bits per heavy atom. The first-order valence-electron chi connectivity index (χ1n) is 7.32. The number of rotatable bonds is 5. The van der Waals surface area contributed by atoms with Crippen LogP contribution in [0, 0.1) is 6.92 Å². The minimum atomic E-state index is -1.25. The molecule has 2 N–H and O–H groups in total. The van der Waals surface area contributed by atoms with Crippen molar-refractivity contribution in [2.45, 2.75) is 19.4 Å². The first kappa shape index (κ1) is 17.5. The zero-order valence-corrected chi connectivity index (χ0v) is 13.7. The molecule has 8 heteroatoms. The molecule has 0 saturated carbocycles. The molecule has 1 atom stereocenters. The Hall–Kier alpha value is -2.90. The summed E-state index contributed by atoms with van der Waals surface area (Å²) in [6, 6.07) is 6.47. The van der Waals surface area contributed by atoms with Gasteiger partial charge in [-0.3, -0.25) is 19.3 Å². The van der Waals surface area contributed by atoms with Gasteiger partial charge in [-0.1, -0.05) is 29.8 Å². The van der Waals surface area contributed by atoms with Gasteiger partial charge in [0.1, 0.15) is 18.6 Å². The second-order valence-electron chi connectivity index (χ2n) is 5.96. The number of aliphatic carboxylic acids is 1. The van der Waals surface area contributed by atoms with Crippen LogP contribution in [0.3, 0.4) is 0 Å². The van der Waals surface area contributed by atoms with Crippen molar-refractivity contribution in [3.8, 4) is 0 Å². The number of imide groups is 1. The van der Waals surface area contributed by atoms with Crippen molar-refractivity contribution in [2.75, 3.05) is 20.1 Å². The highest BCUT2D eigenvalue weighted by atomic mass is 16.4. The number of amides is 4. The van der Waals surface area contributed by atoms with Crippen LogP contribution in [0.1, 0.15) is 18.1 Å². The summed E-state index contributed by atoms with van der Waals surface area (Å²) >= 11 is 0. The van der Waals surface area contributed by atoms with Gasteiger partial charge in [-0.05, 0) is 19.4 Å². The van der Waals surface area contributed by atoms with Gasteiger partial charge in [-0.15, -0.1) is 0 Å². The molecule has 2 rings (SSSR count). The van der Waals surface area contributed by atoms with Crippen LogP contribution in [0.15, 0.2) is 24.3 Å². The lowest BCUT2D eigenvalue weighted by molar-refractivity contribution is -0.144. The number of carboxylic acid groups (broad SMARTS) is 1. The van der Waals surface area contributed by atoms with E-state index in [1.807, 2.05) is 19.1 Å². The number of hydrogen-bond donors (Lipinski definition) is 2. The van der Waals surface area contributed by atoms with Gasteiger partial charge >= 0.3 is 12.0 Å². The average molecular weight is 333 g/mol. The molecule has 1 saturated heterocycles. The normalized spacial score (nSPS) is 20.0. The number of nitrogens with one attached hydrogen (secondary N) is 1. The van der Waals surface area contributed by atoms with Crippen LogP contribution >= 0.6 is 0 Å². The van der Waals surface area contributed by atoms with Crippen LogP contribution in [-0.4, -0.2) is 58.9 Å². The largest absolute Gasteiger partial charge is 0.480 e. The van der Waals surface area contributed by atoms with E-state index in [-0.39, 0.29) is 0 Å². The van der Waals surface area contributed by atoms with E-state index in [2.05, 4.69) is 5.32 Å². The molecule has 1 aliphatic rings. The lowest BCUT2D eigenvalue weighted by Gasteiger charge is -2.23. The summed E-state index contributed by atoms with van der Waals surface area (Å²) in [5.41, 5.74) is 0.373. The van der Waals surface area contributed by atoms with E-state index < -0.39 is 42.4 Å². The van der Waals surface area contributed by atoms with Gasteiger partial charge in [0, 0.05) is 7.05 Å². The summed E-state index contributed by atoms with van der Waals surface area (Å²) in [6.45, 7) is 2.47. The molecule has 1 heterocycles. The van der Waals surface area contributed by atoms with E-state index in [1.54, 1.807) is 19.1 Å². The minimum Gasteiger partial charge on any atom is -0.480 e. The SMILES string of the molecule is Cc1ccc(C2(C)NC(=O)N(CC(=O)N(C)CC(=O)O)C2=O)cc1. The Bertz CT molecular complexity index is 700. The third-order valence-corrected chi connectivity index (χ3v) is 4.00. The molecule has 0 radical (unpaired) electrons. The first-order chi connectivity index (χ1) is 11.1. The maximum Gasteiger partial charge on any atom is 0.325 e. The van der Waals surface area contributed by atoms with Gasteiger partial charge in [-0.2, -0.15) is 0 Å². The monoisotopic (exact) mass is 333 g/mol. The Balaban J connectivity index is 2.18. The summed E-state index contributed by atoms with van der Waals surface area (Å²) in [5, 5.41) is 11.3. The summed E-state index contributed by atoms with van der Waals surface area (Å²) in [7, 11) is 1.30. The quantitative estimate of drug-likeness (QED) is 0.754. The molecule has 24 heavy (non-hydrogen) atoms. The number of carbonyl (C=O) groups is 4. The van der Waals surface area contributed by atoms with Crippen molar-refractivity contribution >= 4 is 23.8 Å². The second-order valence-corrected chi connectivity index (χ2v) is 5.96. The molecule has 8 nitrogen and oxygen atoms in total. The van der Waals surface area contributed by atoms with Gasteiger partial charge in [0.15, 0.2) is 0 Å². The predicted octanol–water partition coefficient (Wildman–Crippen LogP) is 0.305. The van der Waals surface area contributed by atoms with E-state index in [0.29, 0.717) is 5.56 Å². The third-order valence-electron chi connectivity index (χ3n) is 4.00. The Morgan fingerprint density at radius 3 is 2.38 bits per heavy atom. The van der Waals surface area contributed by atoms with E-state index in [9.17, 15) is 19.2 Å². The van der Waals surface area contributed by atoms with Crippen molar-refractivity contribution in [2.24, 2.45) is 0 Å². The maximum absolute atomic E-state index is 12.7. The number of carboxylic acids is 1. The van der Waals surface area contributed by atoms with Crippen LogP contribution in [0.5, 0.6) is 0 Å². The number of urea groups is 1. The molecule has 1 aromatic rings. The second kappa shape index (κ2) is 6.31. The molecule has 128 valence electrons. The summed E-state index contributed by atoms with van der Waals surface area (Å²) < 4.78 is 0. The minimum absolute atomic E-state index is 0.502. The van der Waals surface area contributed by atoms with Crippen molar-refractivity contribution in [3.05, 3.63) is 35.4 Å². The van der Waals surface area contributed by atoms with Crippen LogP contribution in [0.2, 0.25) is 0 Å². The molecule has 0 aromatic heterocycles. The van der Waals surface area contributed by atoms with E-state index in [0.717, 1.165) is 15.4 Å². The topological polar surface area (TPSA) is 107 Å². The fraction of sp³-hybridized carbons (Fsp3) is 0.375. The fourth-order valence-corrected chi connectivity index (χ4v) is 2.47. The number of carbonyl (C=O) groups excluding carboxylic acids is 3. The molecule has 0 aliphatic carbocycles. The van der Waals surface area contributed by atoms with E-state index >= 15 is 0 Å². The zero-order chi connectivity index (χ0) is 18.1. The Kier molecular flexibility index (Phi) is 4.59. The standard InChI is InChI=1S/C16H19N3O5/c1-10-4-6-11(7-5-10)16(2)14(23)19(15(24)17-16)8-12(20)18(3)9-13(21)22/h4-7H,8-9H2,1-3H3,(H,17,24)(H,21,22). The zero-order valence-electron chi connectivity index (χ0n) is 13.7. The number of hydrogen-bond acceptors (Lipinski definition) is 4. The average Bonchev–Trinajstić information content (AvgIpc) is 2.71. The molecular formula is C16H19N3O5. The van der Waals surface area contributed by atoms with Crippen LogP contribution in [0.4, 0.5) is 4.79 Å². The van der Waals surface area contributed by atoms with Gasteiger partial charge in [0.05, 0.1) is 0 Å². The lowest BCUT2D eigenvalue weighted by atomic mass is 9.91. The highest BCUT2D eigenvalue weighted by molar-refractivity contribution is 6.09. The summed E-state index contributed by atoms with van der Waals surface area (Å²) in [5.74, 6) is -2.35. The van der Waals surface area contributed by atoms with Gasteiger partial charge in [0.25, 0.3) is 5.91 Å². The number of nitrogens with zero attached hydrogens (tertiary/aromatic N) is 2. The van der Waals surface area contributed by atoms with Crippen LogP contribution in [0.25, 0.3) is 0 Å². The van der Waals surface area contributed by atoms with Gasteiger partial charge in [0.2, 0.25) is 5.91 Å². The Morgan fingerprint density at radius 1 is 1.25 bits per heavy atom. The number of likely N-dealkylation sites (N-methyl/N-ethyl adjacent to an activating group) is 1. The Labute approximate surface area is 139 Å². The van der Waals surface area contributed by atoms with Crippen molar-refractivity contribution < 1.29 is 24.3 Å². The maximum atomic E-state index is 12.7. The lowest BCUT2D eigenvalue weighted by Crippen LogP contribution is -2.44. The molecule has 1 aliphatic heterocycles. The smallest absolute Gasteiger partial charge is 0.325 e. The highest BCUT2D eigenvalue weighted by Crippen LogP contribution is 2.28. The van der Waals surface area contributed by atoms with Crippen molar-refractivity contribution in [1.29, 1.82) is 0 Å². The number of aryl methyl sites for hydroxylation is 1. The predicted molar refractivity (Wildman–Crippen MR) is 84.0 cm³/mol. The molecule has 1 unspecified atom stereocenters. The molecule has 0 spiro atoms. The van der Waals surface area contributed by atoms with Gasteiger partial charge < -0.3 is 15.3 Å². The van der Waals surface area contributed by atoms with Gasteiger partial charge in [-0.25, -0.2) is 4.79 Å². The molecule has 0 bridgehead atoms. The molecule has 1 fully saturated rings. The van der Waals surface area contributed by atoms with E-state index in [4.69, 9.17) is 5.11 Å². The first-order valence-corrected chi connectivity index (χ1v) is 7.32. The van der Waals surface area contributed by atoms with Crippen LogP contribution in [-0.2, 0) is 19.9 Å². The summed E-state index contributed by atoms with van der Waals surface area (Å²) in [6.07, 6.45) is 0. The molecule has 4 amide bonds. The molecular weight excluding hydrogens is 314 g/mol. The highest BCUT2D eigenvalue weighted by Gasteiger charge is 2.49. The number of benzene rings is 1. The fourth-order valence-electron chi connectivity index (χ4n) is 2.47. The summed E-state index contributed by atoms with van der Waals surface area (Å²) in [4.78, 5) is 49.2.